The van der Waals surface area contributed by atoms with E-state index in [1.165, 1.54) is 5.56 Å². The summed E-state index contributed by atoms with van der Waals surface area (Å²) in [5, 5.41) is 0. The Balaban J connectivity index is 1.67. The minimum Gasteiger partial charge on any atom is -0.379 e. The molecule has 0 spiro atoms. The molecule has 0 saturated carbocycles. The van der Waals surface area contributed by atoms with E-state index in [9.17, 15) is 0 Å². The molecule has 8 heteroatoms. The highest BCUT2D eigenvalue weighted by atomic mass is 16.6. The summed E-state index contributed by atoms with van der Waals surface area (Å²) in [5.74, 6) is 0. The van der Waals surface area contributed by atoms with E-state index in [2.05, 4.69) is 11.1 Å². The van der Waals surface area contributed by atoms with Gasteiger partial charge in [0.25, 0.3) is 0 Å². The average molecular weight is 401 g/mol. The molecule has 1 aromatic rings. The molecule has 1 rings (SSSR count). The van der Waals surface area contributed by atoms with Crippen molar-refractivity contribution < 1.29 is 28.4 Å². The lowest BCUT2D eigenvalue weighted by atomic mass is 10.2. The van der Waals surface area contributed by atoms with Gasteiger partial charge < -0.3 is 34.2 Å². The van der Waals surface area contributed by atoms with Crippen LogP contribution in [0.3, 0.4) is 0 Å². The molecule has 0 saturated heterocycles. The molecule has 0 amide bonds. The Morgan fingerprint density at radius 2 is 1.11 bits per heavy atom. The van der Waals surface area contributed by atoms with Gasteiger partial charge in [-0.05, 0) is 24.5 Å². The van der Waals surface area contributed by atoms with Crippen LogP contribution in [0.15, 0.2) is 24.5 Å². The maximum absolute atomic E-state index is 5.54. The Hall–Kier alpha value is -1.13. The highest BCUT2D eigenvalue weighted by molar-refractivity contribution is 5.08. The highest BCUT2D eigenvalue weighted by Crippen LogP contribution is 2.00. The first-order chi connectivity index (χ1) is 13.9. The summed E-state index contributed by atoms with van der Waals surface area (Å²) in [7, 11) is 0. The van der Waals surface area contributed by atoms with E-state index in [0.717, 1.165) is 19.4 Å². The third kappa shape index (κ3) is 17.0. The van der Waals surface area contributed by atoms with Crippen LogP contribution in [0.4, 0.5) is 0 Å². The molecule has 0 aromatic carbocycles. The van der Waals surface area contributed by atoms with Crippen LogP contribution in [-0.4, -0.2) is 90.8 Å². The number of rotatable bonds is 21. The van der Waals surface area contributed by atoms with Crippen LogP contribution in [0.5, 0.6) is 0 Å². The molecule has 0 aliphatic rings. The van der Waals surface area contributed by atoms with Gasteiger partial charge in [0.05, 0.1) is 72.7 Å². The molecule has 0 bridgehead atoms. The topological polar surface area (TPSA) is 94.3 Å². The lowest BCUT2D eigenvalue weighted by molar-refractivity contribution is -0.0164. The minimum absolute atomic E-state index is 0.537. The summed E-state index contributed by atoms with van der Waals surface area (Å²) in [6.45, 7) is 7.47. The lowest BCUT2D eigenvalue weighted by Crippen LogP contribution is -2.15. The van der Waals surface area contributed by atoms with Gasteiger partial charge in [-0.15, -0.1) is 0 Å². The lowest BCUT2D eigenvalue weighted by Gasteiger charge is -2.08. The number of hydrogen-bond acceptors (Lipinski definition) is 8. The fourth-order valence-electron chi connectivity index (χ4n) is 2.21. The zero-order valence-electron chi connectivity index (χ0n) is 16.9. The van der Waals surface area contributed by atoms with Crippen LogP contribution in [0.25, 0.3) is 0 Å². The Bertz CT molecular complexity index is 424. The summed E-state index contributed by atoms with van der Waals surface area (Å²) in [4.78, 5) is 4.09. The summed E-state index contributed by atoms with van der Waals surface area (Å²) >= 11 is 0. The fourth-order valence-corrected chi connectivity index (χ4v) is 2.21. The molecule has 1 aromatic heterocycles. The highest BCUT2D eigenvalue weighted by Gasteiger charge is 1.95. The molecule has 28 heavy (non-hydrogen) atoms. The molecule has 0 unspecified atom stereocenters. The smallest absolute Gasteiger partial charge is 0.0701 e. The van der Waals surface area contributed by atoms with Gasteiger partial charge in [0.15, 0.2) is 0 Å². The number of nitrogens with zero attached hydrogens (tertiary/aromatic N) is 1. The van der Waals surface area contributed by atoms with Gasteiger partial charge in [0.2, 0.25) is 0 Å². The van der Waals surface area contributed by atoms with E-state index >= 15 is 0 Å². The van der Waals surface area contributed by atoms with Crippen LogP contribution < -0.4 is 5.73 Å². The first-order valence-electron chi connectivity index (χ1n) is 9.99. The number of aromatic nitrogens is 1. The predicted molar refractivity (Wildman–Crippen MR) is 107 cm³/mol. The van der Waals surface area contributed by atoms with E-state index in [1.54, 1.807) is 6.20 Å². The standard InChI is InChI=1S/C20H36N2O6/c21-5-8-24-10-12-26-14-16-28-18-17-27-15-13-25-11-9-23-7-2-4-20-3-1-6-22-19-20/h1,3,6,19H,2,4-5,7-18,21H2. The van der Waals surface area contributed by atoms with Crippen molar-refractivity contribution in [3.63, 3.8) is 0 Å². The fraction of sp³-hybridized carbons (Fsp3) is 0.750. The SMILES string of the molecule is NCCOCCOCCOCCOCCOCCOCCCc1cccnc1. The van der Waals surface area contributed by atoms with E-state index in [1.807, 2.05) is 12.3 Å². The molecule has 0 radical (unpaired) electrons. The molecule has 0 atom stereocenters. The molecule has 0 aliphatic heterocycles. The largest absolute Gasteiger partial charge is 0.379 e. The van der Waals surface area contributed by atoms with Gasteiger partial charge in [-0.1, -0.05) is 6.07 Å². The van der Waals surface area contributed by atoms with Gasteiger partial charge in [0, 0.05) is 25.5 Å². The molecule has 2 N–H and O–H groups in total. The van der Waals surface area contributed by atoms with E-state index in [-0.39, 0.29) is 0 Å². The van der Waals surface area contributed by atoms with E-state index in [0.29, 0.717) is 79.2 Å². The Morgan fingerprint density at radius 3 is 1.54 bits per heavy atom. The summed E-state index contributed by atoms with van der Waals surface area (Å²) in [5.41, 5.74) is 6.55. The minimum atomic E-state index is 0.537. The van der Waals surface area contributed by atoms with Crippen molar-refractivity contribution in [3.8, 4) is 0 Å². The van der Waals surface area contributed by atoms with Crippen LogP contribution in [0.2, 0.25) is 0 Å². The Labute approximate surface area is 168 Å². The summed E-state index contributed by atoms with van der Waals surface area (Å²) < 4.78 is 32.4. The van der Waals surface area contributed by atoms with Gasteiger partial charge in [-0.25, -0.2) is 0 Å². The number of hydrogen-bond donors (Lipinski definition) is 1. The first-order valence-corrected chi connectivity index (χ1v) is 9.99. The Morgan fingerprint density at radius 1 is 0.643 bits per heavy atom. The summed E-state index contributed by atoms with van der Waals surface area (Å²) in [6, 6.07) is 4.03. The van der Waals surface area contributed by atoms with E-state index < -0.39 is 0 Å². The number of nitrogens with two attached hydrogens (primary N) is 1. The average Bonchev–Trinajstić information content (AvgIpc) is 2.73. The van der Waals surface area contributed by atoms with Gasteiger partial charge >= 0.3 is 0 Å². The second-order valence-electron chi connectivity index (χ2n) is 5.93. The van der Waals surface area contributed by atoms with Gasteiger partial charge in [-0.2, -0.15) is 0 Å². The van der Waals surface area contributed by atoms with Crippen molar-refractivity contribution in [1.82, 2.24) is 4.98 Å². The molecule has 1 heterocycles. The second-order valence-corrected chi connectivity index (χ2v) is 5.93. The number of aryl methyl sites for hydroxylation is 1. The maximum Gasteiger partial charge on any atom is 0.0701 e. The van der Waals surface area contributed by atoms with Crippen LogP contribution in [0, 0.1) is 0 Å². The van der Waals surface area contributed by atoms with Crippen molar-refractivity contribution in [2.45, 2.75) is 12.8 Å². The maximum atomic E-state index is 5.54. The molecule has 162 valence electrons. The zero-order chi connectivity index (χ0) is 20.0. The quantitative estimate of drug-likeness (QED) is 0.306. The molecule has 8 nitrogen and oxygen atoms in total. The predicted octanol–water partition coefficient (Wildman–Crippen LogP) is 1.07. The zero-order valence-corrected chi connectivity index (χ0v) is 16.9. The van der Waals surface area contributed by atoms with Crippen LogP contribution in [0.1, 0.15) is 12.0 Å². The first kappa shape index (κ1) is 24.9. The van der Waals surface area contributed by atoms with Gasteiger partial charge in [0.1, 0.15) is 0 Å². The molecule has 0 aliphatic carbocycles. The van der Waals surface area contributed by atoms with Crippen molar-refractivity contribution in [3.05, 3.63) is 30.1 Å². The van der Waals surface area contributed by atoms with Gasteiger partial charge in [-0.3, -0.25) is 4.98 Å². The number of pyridine rings is 1. The normalized spacial score (nSPS) is 11.2. The number of ether oxygens (including phenoxy) is 6. The third-order valence-corrected chi connectivity index (χ3v) is 3.60. The summed E-state index contributed by atoms with van der Waals surface area (Å²) in [6.07, 6.45) is 5.65. The Kier molecular flexibility index (Phi) is 18.3. The molecule has 0 fully saturated rings. The van der Waals surface area contributed by atoms with Crippen molar-refractivity contribution in [2.24, 2.45) is 5.73 Å². The van der Waals surface area contributed by atoms with Crippen LogP contribution >= 0.6 is 0 Å². The van der Waals surface area contributed by atoms with Crippen LogP contribution in [-0.2, 0) is 34.8 Å². The third-order valence-electron chi connectivity index (χ3n) is 3.60. The second kappa shape index (κ2) is 20.6. The van der Waals surface area contributed by atoms with Crippen molar-refractivity contribution in [2.75, 3.05) is 85.8 Å². The molecular weight excluding hydrogens is 364 g/mol. The molecular formula is C20H36N2O6. The van der Waals surface area contributed by atoms with Crippen molar-refractivity contribution in [1.29, 1.82) is 0 Å². The monoisotopic (exact) mass is 400 g/mol. The van der Waals surface area contributed by atoms with Crippen molar-refractivity contribution >= 4 is 0 Å². The van der Waals surface area contributed by atoms with E-state index in [4.69, 9.17) is 34.2 Å².